The molecule has 3 aromatic heterocycles. The highest BCUT2D eigenvalue weighted by Gasteiger charge is 2.20. The zero-order chi connectivity index (χ0) is 25.7. The van der Waals surface area contributed by atoms with Crippen molar-refractivity contribution in [1.29, 1.82) is 0 Å². The van der Waals surface area contributed by atoms with Gasteiger partial charge in [-0.1, -0.05) is 23.7 Å². The fraction of sp³-hybridized carbons (Fsp3) is 0.103. The van der Waals surface area contributed by atoms with Crippen LogP contribution >= 0.6 is 22.9 Å². The minimum absolute atomic E-state index is 0.0673. The smallest absolute Gasteiger partial charge is 0.307 e. The molecule has 8 heteroatoms. The largest absolute Gasteiger partial charge is 0.481 e. The molecule has 0 aliphatic carbocycles. The van der Waals surface area contributed by atoms with Gasteiger partial charge < -0.3 is 5.11 Å². The minimum Gasteiger partial charge on any atom is -0.481 e. The van der Waals surface area contributed by atoms with Crippen molar-refractivity contribution < 1.29 is 9.90 Å². The molecule has 6 aromatic rings. The summed E-state index contributed by atoms with van der Waals surface area (Å²) in [4.78, 5) is 21.4. The van der Waals surface area contributed by atoms with Gasteiger partial charge in [-0.15, -0.1) is 11.3 Å². The number of fused-ring (bicyclic) bond motifs is 2. The van der Waals surface area contributed by atoms with Crippen molar-refractivity contribution in [2.24, 2.45) is 0 Å². The summed E-state index contributed by atoms with van der Waals surface area (Å²) in [7, 11) is 0. The van der Waals surface area contributed by atoms with Crippen LogP contribution in [0.1, 0.15) is 16.7 Å². The number of halogens is 1. The van der Waals surface area contributed by atoms with Crippen molar-refractivity contribution >= 4 is 50.0 Å². The molecule has 0 unspecified atom stereocenters. The molecule has 3 aromatic carbocycles. The van der Waals surface area contributed by atoms with E-state index >= 15 is 0 Å². The Bertz CT molecular complexity index is 1820. The zero-order valence-corrected chi connectivity index (χ0v) is 21.6. The molecule has 0 fully saturated rings. The van der Waals surface area contributed by atoms with Crippen molar-refractivity contribution in [3.05, 3.63) is 88.7 Å². The van der Waals surface area contributed by atoms with E-state index in [4.69, 9.17) is 16.6 Å². The highest BCUT2D eigenvalue weighted by Crippen LogP contribution is 2.41. The van der Waals surface area contributed by atoms with Crippen LogP contribution in [0.15, 0.2) is 67.0 Å². The van der Waals surface area contributed by atoms with Crippen LogP contribution in [0.3, 0.4) is 0 Å². The van der Waals surface area contributed by atoms with Gasteiger partial charge in [0.05, 0.1) is 34.0 Å². The zero-order valence-electron chi connectivity index (χ0n) is 20.0. The van der Waals surface area contributed by atoms with Crippen molar-refractivity contribution in [2.75, 3.05) is 0 Å². The molecule has 6 nitrogen and oxygen atoms in total. The van der Waals surface area contributed by atoms with E-state index in [1.807, 2.05) is 49.5 Å². The summed E-state index contributed by atoms with van der Waals surface area (Å²) in [6.45, 7) is 4.00. The normalized spacial score (nSPS) is 11.4. The van der Waals surface area contributed by atoms with Crippen molar-refractivity contribution in [3.63, 3.8) is 0 Å². The van der Waals surface area contributed by atoms with Crippen molar-refractivity contribution in [1.82, 2.24) is 20.2 Å². The molecule has 0 radical (unpaired) electrons. The summed E-state index contributed by atoms with van der Waals surface area (Å²) < 4.78 is 0.952. The predicted octanol–water partition coefficient (Wildman–Crippen LogP) is 7.47. The monoisotopic (exact) mass is 524 g/mol. The van der Waals surface area contributed by atoms with Gasteiger partial charge in [0.25, 0.3) is 0 Å². The number of carboxylic acids is 1. The van der Waals surface area contributed by atoms with Crippen LogP contribution in [0.4, 0.5) is 0 Å². The Kier molecular flexibility index (Phi) is 5.74. The maximum Gasteiger partial charge on any atom is 0.307 e. The molecule has 0 aliphatic rings. The first kappa shape index (κ1) is 23.3. The van der Waals surface area contributed by atoms with E-state index in [2.05, 4.69) is 40.3 Å². The van der Waals surface area contributed by atoms with Crippen molar-refractivity contribution in [2.45, 2.75) is 20.3 Å². The minimum atomic E-state index is -0.869. The topological polar surface area (TPSA) is 91.8 Å². The van der Waals surface area contributed by atoms with Crippen LogP contribution in [0.5, 0.6) is 0 Å². The average molecular weight is 525 g/mol. The molecule has 0 bridgehead atoms. The number of thiazole rings is 1. The van der Waals surface area contributed by atoms with Gasteiger partial charge in [0.1, 0.15) is 5.01 Å². The fourth-order valence-corrected chi connectivity index (χ4v) is 6.01. The SMILES string of the molecule is Cc1cc2[nH]ncc2cc1-c1cc(-c2nc3cc(C)c(CC(=O)O)c(-c4ccc(Cl)cc4)c3s2)ccn1. The number of carboxylic acid groups (broad SMARTS) is 1. The summed E-state index contributed by atoms with van der Waals surface area (Å²) in [5, 5.41) is 19.3. The third-order valence-electron chi connectivity index (χ3n) is 6.54. The molecule has 0 saturated carbocycles. The van der Waals surface area contributed by atoms with Gasteiger partial charge in [-0.3, -0.25) is 14.9 Å². The van der Waals surface area contributed by atoms with Crippen LogP contribution in [-0.4, -0.2) is 31.2 Å². The number of aliphatic carboxylic acids is 1. The standard InChI is InChI=1S/C29H21ClN4O2S/c1-15-9-23-19(14-32-34-23)11-21(15)24-12-18(7-8-31-24)29-33-25-10-16(2)22(13-26(35)36)27(28(25)37-29)17-3-5-20(30)6-4-17/h3-12,14H,13H2,1-2H3,(H,32,34)(H,35,36). The predicted molar refractivity (Wildman–Crippen MR) is 149 cm³/mol. The molecule has 0 amide bonds. The third kappa shape index (κ3) is 4.26. The first-order valence-electron chi connectivity index (χ1n) is 11.7. The molecule has 3 heterocycles. The summed E-state index contributed by atoms with van der Waals surface area (Å²) in [6, 6.07) is 17.7. The quantitative estimate of drug-likeness (QED) is 0.244. The van der Waals surface area contributed by atoms with E-state index < -0.39 is 5.97 Å². The number of hydrogen-bond donors (Lipinski definition) is 2. The Labute approximate surface area is 221 Å². The molecule has 182 valence electrons. The van der Waals surface area contributed by atoms with E-state index in [-0.39, 0.29) is 6.42 Å². The second-order valence-electron chi connectivity index (χ2n) is 9.05. The number of nitrogens with zero attached hydrogens (tertiary/aromatic N) is 3. The molecular formula is C29H21ClN4O2S. The number of H-pyrrole nitrogens is 1. The van der Waals surface area contributed by atoms with E-state index in [1.54, 1.807) is 17.5 Å². The molecule has 0 atom stereocenters. The van der Waals surface area contributed by atoms with Crippen LogP contribution in [0.2, 0.25) is 5.02 Å². The number of pyridine rings is 1. The number of aromatic amines is 1. The molecule has 6 rings (SSSR count). The van der Waals surface area contributed by atoms with E-state index in [1.165, 1.54) is 0 Å². The van der Waals surface area contributed by atoms with Gasteiger partial charge in [-0.25, -0.2) is 4.98 Å². The van der Waals surface area contributed by atoms with Gasteiger partial charge in [0.15, 0.2) is 0 Å². The molecular weight excluding hydrogens is 504 g/mol. The molecule has 0 saturated heterocycles. The van der Waals surface area contributed by atoms with E-state index in [0.29, 0.717) is 5.02 Å². The summed E-state index contributed by atoms with van der Waals surface area (Å²) in [5.74, 6) is -0.869. The Morgan fingerprint density at radius 2 is 1.84 bits per heavy atom. The van der Waals surface area contributed by atoms with Crippen LogP contribution in [0.25, 0.3) is 54.1 Å². The van der Waals surface area contributed by atoms with Crippen LogP contribution < -0.4 is 0 Å². The van der Waals surface area contributed by atoms with Gasteiger partial charge in [0, 0.05) is 33.3 Å². The van der Waals surface area contributed by atoms with Gasteiger partial charge in [-0.2, -0.15) is 5.10 Å². The van der Waals surface area contributed by atoms with Crippen molar-refractivity contribution in [3.8, 4) is 33.0 Å². The first-order chi connectivity index (χ1) is 17.9. The Hall–Kier alpha value is -4.07. The summed E-state index contributed by atoms with van der Waals surface area (Å²) in [6.07, 6.45) is 3.55. The second-order valence-corrected chi connectivity index (χ2v) is 10.5. The van der Waals surface area contributed by atoms with Crippen LogP contribution in [-0.2, 0) is 11.2 Å². The maximum atomic E-state index is 11.7. The maximum absolute atomic E-state index is 11.7. The number of benzene rings is 3. The highest BCUT2D eigenvalue weighted by molar-refractivity contribution is 7.22. The number of nitrogens with one attached hydrogen (secondary N) is 1. The number of aryl methyl sites for hydroxylation is 2. The average Bonchev–Trinajstić information content (AvgIpc) is 3.51. The summed E-state index contributed by atoms with van der Waals surface area (Å²) >= 11 is 7.70. The lowest BCUT2D eigenvalue weighted by molar-refractivity contribution is -0.136. The van der Waals surface area contributed by atoms with E-state index in [0.717, 1.165) is 70.8 Å². The number of hydrogen-bond acceptors (Lipinski definition) is 5. The van der Waals surface area contributed by atoms with Crippen LogP contribution in [0, 0.1) is 13.8 Å². The number of rotatable bonds is 5. The van der Waals surface area contributed by atoms with Gasteiger partial charge in [-0.05, 0) is 78.6 Å². The molecule has 0 spiro atoms. The number of aromatic nitrogens is 4. The first-order valence-corrected chi connectivity index (χ1v) is 12.9. The highest BCUT2D eigenvalue weighted by atomic mass is 35.5. The fourth-order valence-electron chi connectivity index (χ4n) is 4.75. The lowest BCUT2D eigenvalue weighted by Crippen LogP contribution is -2.04. The Morgan fingerprint density at radius 3 is 2.62 bits per heavy atom. The third-order valence-corrected chi connectivity index (χ3v) is 7.93. The van der Waals surface area contributed by atoms with E-state index in [9.17, 15) is 9.90 Å². The molecule has 37 heavy (non-hydrogen) atoms. The van der Waals surface area contributed by atoms with Gasteiger partial charge >= 0.3 is 5.97 Å². The molecule has 2 N–H and O–H groups in total. The lowest BCUT2D eigenvalue weighted by atomic mass is 9.93. The lowest BCUT2D eigenvalue weighted by Gasteiger charge is -2.13. The Morgan fingerprint density at radius 1 is 1.03 bits per heavy atom. The number of carbonyl (C=O) groups is 1. The summed E-state index contributed by atoms with van der Waals surface area (Å²) in [5.41, 5.74) is 9.29. The van der Waals surface area contributed by atoms with Gasteiger partial charge in [0.2, 0.25) is 0 Å². The molecule has 0 aliphatic heterocycles. The second kappa shape index (κ2) is 9.10. The Balaban J connectivity index is 1.52.